The maximum Gasteiger partial charge on any atom is 0.254 e. The molecule has 0 aliphatic carbocycles. The number of carbonyl (C=O) groups is 1. The summed E-state index contributed by atoms with van der Waals surface area (Å²) in [5.41, 5.74) is -0.0635. The highest BCUT2D eigenvalue weighted by atomic mass is 35.5. The van der Waals surface area contributed by atoms with E-state index in [4.69, 9.17) is 11.6 Å². The van der Waals surface area contributed by atoms with Crippen molar-refractivity contribution in [1.29, 1.82) is 0 Å². The van der Waals surface area contributed by atoms with Crippen molar-refractivity contribution in [3.8, 4) is 0 Å². The second kappa shape index (κ2) is 3.40. The second-order valence-electron chi connectivity index (χ2n) is 2.13. The van der Waals surface area contributed by atoms with E-state index < -0.39 is 0 Å². The number of H-pyrrole nitrogens is 1. The van der Waals surface area contributed by atoms with E-state index >= 15 is 0 Å². The highest BCUT2D eigenvalue weighted by Crippen LogP contribution is 2.08. The molecule has 1 aromatic rings. The zero-order valence-corrected chi connectivity index (χ0v) is 7.11. The van der Waals surface area contributed by atoms with Crippen LogP contribution in [0.2, 0.25) is 5.15 Å². The van der Waals surface area contributed by atoms with Gasteiger partial charge >= 0.3 is 0 Å². The second-order valence-corrected chi connectivity index (χ2v) is 2.51. The van der Waals surface area contributed by atoms with E-state index in [1.165, 1.54) is 19.2 Å². The van der Waals surface area contributed by atoms with Gasteiger partial charge in [0.25, 0.3) is 5.91 Å². The Labute approximate surface area is 73.6 Å². The Hall–Kier alpha value is -1.29. The molecular weight excluding hydrogens is 180 g/mol. The molecule has 1 heterocycles. The van der Waals surface area contributed by atoms with Gasteiger partial charge in [-0.15, -0.1) is 0 Å². The largest absolute Gasteiger partial charge is 0.355 e. The SMILES string of the molecule is CNC(=O)c1ccc(=O)[nH]c1Cl. The third-order valence-corrected chi connectivity index (χ3v) is 1.64. The van der Waals surface area contributed by atoms with Gasteiger partial charge in [0.15, 0.2) is 0 Å². The Bertz CT molecular complexity index is 359. The normalized spacial score (nSPS) is 9.50. The predicted molar refractivity (Wildman–Crippen MR) is 45.5 cm³/mol. The fourth-order valence-electron chi connectivity index (χ4n) is 0.759. The first kappa shape index (κ1) is 8.80. The van der Waals surface area contributed by atoms with Crippen LogP contribution in [0, 0.1) is 0 Å². The van der Waals surface area contributed by atoms with Crippen LogP contribution < -0.4 is 10.9 Å². The van der Waals surface area contributed by atoms with E-state index in [9.17, 15) is 9.59 Å². The molecule has 0 spiro atoms. The smallest absolute Gasteiger partial charge is 0.254 e. The molecule has 0 atom stereocenters. The topological polar surface area (TPSA) is 62.0 Å². The molecule has 0 bridgehead atoms. The molecule has 0 fully saturated rings. The Morgan fingerprint density at radius 3 is 2.75 bits per heavy atom. The number of aromatic amines is 1. The van der Waals surface area contributed by atoms with Crippen molar-refractivity contribution >= 4 is 17.5 Å². The molecule has 64 valence electrons. The van der Waals surface area contributed by atoms with E-state index in [1.807, 2.05) is 0 Å². The summed E-state index contributed by atoms with van der Waals surface area (Å²) in [4.78, 5) is 24.0. The lowest BCUT2D eigenvalue weighted by molar-refractivity contribution is 0.0963. The number of carbonyl (C=O) groups excluding carboxylic acids is 1. The molecule has 12 heavy (non-hydrogen) atoms. The standard InChI is InChI=1S/C7H7ClN2O2/c1-9-7(12)4-2-3-5(11)10-6(4)8/h2-3H,1H3,(H,9,12)(H,10,11). The van der Waals surface area contributed by atoms with Crippen LogP contribution >= 0.6 is 11.6 Å². The maximum absolute atomic E-state index is 11.0. The minimum atomic E-state index is -0.326. The van der Waals surface area contributed by atoms with Crippen LogP contribution in [-0.4, -0.2) is 17.9 Å². The minimum Gasteiger partial charge on any atom is -0.355 e. The van der Waals surface area contributed by atoms with Gasteiger partial charge in [0.05, 0.1) is 5.56 Å². The number of aromatic nitrogens is 1. The highest BCUT2D eigenvalue weighted by molar-refractivity contribution is 6.32. The van der Waals surface area contributed by atoms with Crippen LogP contribution in [0.4, 0.5) is 0 Å². The summed E-state index contributed by atoms with van der Waals surface area (Å²) in [5.74, 6) is -0.323. The monoisotopic (exact) mass is 186 g/mol. The third kappa shape index (κ3) is 1.65. The van der Waals surface area contributed by atoms with Crippen LogP contribution in [0.15, 0.2) is 16.9 Å². The number of nitrogens with one attached hydrogen (secondary N) is 2. The molecule has 0 aliphatic heterocycles. The van der Waals surface area contributed by atoms with Gasteiger partial charge in [0, 0.05) is 13.1 Å². The van der Waals surface area contributed by atoms with Crippen molar-refractivity contribution in [1.82, 2.24) is 10.3 Å². The van der Waals surface area contributed by atoms with E-state index in [0.29, 0.717) is 0 Å². The van der Waals surface area contributed by atoms with Gasteiger partial charge in [-0.25, -0.2) is 0 Å². The minimum absolute atomic E-state index is 0.0573. The number of amides is 1. The van der Waals surface area contributed by atoms with Crippen molar-refractivity contribution in [2.24, 2.45) is 0 Å². The van der Waals surface area contributed by atoms with E-state index in [1.54, 1.807) is 0 Å². The molecule has 0 aromatic carbocycles. The molecule has 0 saturated heterocycles. The summed E-state index contributed by atoms with van der Waals surface area (Å²) >= 11 is 5.59. The first-order valence-corrected chi connectivity index (χ1v) is 3.64. The Morgan fingerprint density at radius 1 is 1.58 bits per heavy atom. The summed E-state index contributed by atoms with van der Waals surface area (Å²) in [5, 5.41) is 2.45. The predicted octanol–water partition coefficient (Wildman–Crippen LogP) is 0.388. The molecule has 1 amide bonds. The summed E-state index contributed by atoms with van der Waals surface area (Å²) < 4.78 is 0. The van der Waals surface area contributed by atoms with Crippen LogP contribution in [0.1, 0.15) is 10.4 Å². The number of halogens is 1. The molecule has 0 unspecified atom stereocenters. The van der Waals surface area contributed by atoms with Gasteiger partial charge in [0.2, 0.25) is 5.56 Å². The lowest BCUT2D eigenvalue weighted by Crippen LogP contribution is -2.20. The number of hydrogen-bond acceptors (Lipinski definition) is 2. The van der Waals surface area contributed by atoms with Crippen LogP contribution in [0.25, 0.3) is 0 Å². The molecule has 1 aromatic heterocycles. The van der Waals surface area contributed by atoms with Gasteiger partial charge < -0.3 is 10.3 Å². The molecule has 0 saturated carbocycles. The number of pyridine rings is 1. The molecule has 5 heteroatoms. The zero-order chi connectivity index (χ0) is 9.14. The zero-order valence-electron chi connectivity index (χ0n) is 6.35. The van der Waals surface area contributed by atoms with Crippen molar-refractivity contribution in [3.05, 3.63) is 33.2 Å². The van der Waals surface area contributed by atoms with Crippen LogP contribution in [0.5, 0.6) is 0 Å². The van der Waals surface area contributed by atoms with Crippen LogP contribution in [-0.2, 0) is 0 Å². The molecular formula is C7H7ClN2O2. The molecule has 1 rings (SSSR count). The average molecular weight is 187 g/mol. The van der Waals surface area contributed by atoms with E-state index in [0.717, 1.165) is 0 Å². The summed E-state index contributed by atoms with van der Waals surface area (Å²) in [6.07, 6.45) is 0. The maximum atomic E-state index is 11.0. The molecule has 0 radical (unpaired) electrons. The van der Waals surface area contributed by atoms with Crippen molar-refractivity contribution in [3.63, 3.8) is 0 Å². The van der Waals surface area contributed by atoms with Crippen molar-refractivity contribution in [2.45, 2.75) is 0 Å². The fourth-order valence-corrected chi connectivity index (χ4v) is 1.00. The number of rotatable bonds is 1. The Morgan fingerprint density at radius 2 is 2.25 bits per heavy atom. The first-order valence-electron chi connectivity index (χ1n) is 3.26. The van der Waals surface area contributed by atoms with Gasteiger partial charge in [-0.05, 0) is 6.07 Å². The fraction of sp³-hybridized carbons (Fsp3) is 0.143. The third-order valence-electron chi connectivity index (χ3n) is 1.34. The van der Waals surface area contributed by atoms with Gasteiger partial charge in [-0.1, -0.05) is 11.6 Å². The lowest BCUT2D eigenvalue weighted by Gasteiger charge is -2.00. The van der Waals surface area contributed by atoms with Gasteiger partial charge in [0.1, 0.15) is 5.15 Å². The average Bonchev–Trinajstić information content (AvgIpc) is 2.03. The highest BCUT2D eigenvalue weighted by Gasteiger charge is 2.07. The van der Waals surface area contributed by atoms with Crippen molar-refractivity contribution in [2.75, 3.05) is 7.05 Å². The Balaban J connectivity index is 3.18. The van der Waals surface area contributed by atoms with E-state index in [2.05, 4.69) is 10.3 Å². The van der Waals surface area contributed by atoms with E-state index in [-0.39, 0.29) is 22.2 Å². The molecule has 0 aliphatic rings. The summed E-state index contributed by atoms with van der Waals surface area (Å²) in [6.45, 7) is 0. The van der Waals surface area contributed by atoms with Crippen LogP contribution in [0.3, 0.4) is 0 Å². The number of hydrogen-bond donors (Lipinski definition) is 2. The Kier molecular flexibility index (Phi) is 2.50. The van der Waals surface area contributed by atoms with Gasteiger partial charge in [-0.2, -0.15) is 0 Å². The first-order chi connectivity index (χ1) is 5.65. The quantitative estimate of drug-likeness (QED) is 0.624. The summed E-state index contributed by atoms with van der Waals surface area (Å²) in [7, 11) is 1.49. The molecule has 4 nitrogen and oxygen atoms in total. The lowest BCUT2D eigenvalue weighted by atomic mass is 10.3. The van der Waals surface area contributed by atoms with Gasteiger partial charge in [-0.3, -0.25) is 9.59 Å². The molecule has 2 N–H and O–H groups in total. The van der Waals surface area contributed by atoms with Crippen molar-refractivity contribution < 1.29 is 4.79 Å². The summed E-state index contributed by atoms with van der Waals surface area (Å²) in [6, 6.07) is 2.62.